The molecule has 118 valence electrons. The molecule has 0 fully saturated rings. The van der Waals surface area contributed by atoms with Crippen molar-refractivity contribution in [2.75, 3.05) is 5.73 Å². The van der Waals surface area contributed by atoms with Crippen LogP contribution in [0.25, 0.3) is 5.69 Å². The summed E-state index contributed by atoms with van der Waals surface area (Å²) in [7, 11) is 0. The molecule has 0 spiro atoms. The van der Waals surface area contributed by atoms with Crippen molar-refractivity contribution in [2.24, 2.45) is 0 Å². The standard InChI is InChI=1S/C17H23N3O2/c1-5-13(16(21)22)11-6-8-12(9-7-11)20-15(18)10-14(19-20)17(2,3)4/h6-10,13H,5,18H2,1-4H3,(H,21,22). The summed E-state index contributed by atoms with van der Waals surface area (Å²) >= 11 is 0. The quantitative estimate of drug-likeness (QED) is 0.907. The second-order valence-electron chi connectivity index (χ2n) is 6.51. The number of anilines is 1. The minimum absolute atomic E-state index is 0.0735. The van der Waals surface area contributed by atoms with E-state index in [-0.39, 0.29) is 5.41 Å². The third-order valence-corrected chi connectivity index (χ3v) is 3.75. The van der Waals surface area contributed by atoms with Gasteiger partial charge in [-0.05, 0) is 24.1 Å². The Kier molecular flexibility index (Phi) is 4.26. The molecule has 5 heteroatoms. The molecule has 1 aromatic heterocycles. The lowest BCUT2D eigenvalue weighted by molar-refractivity contribution is -0.138. The van der Waals surface area contributed by atoms with E-state index in [2.05, 4.69) is 25.9 Å². The molecule has 1 unspecified atom stereocenters. The van der Waals surface area contributed by atoms with Crippen LogP contribution in [-0.4, -0.2) is 20.9 Å². The average molecular weight is 301 g/mol. The summed E-state index contributed by atoms with van der Waals surface area (Å²) in [5, 5.41) is 13.8. The summed E-state index contributed by atoms with van der Waals surface area (Å²) in [5.41, 5.74) is 8.52. The lowest BCUT2D eigenvalue weighted by Crippen LogP contribution is -2.13. The van der Waals surface area contributed by atoms with Gasteiger partial charge in [0.2, 0.25) is 0 Å². The van der Waals surface area contributed by atoms with Crippen LogP contribution in [0.5, 0.6) is 0 Å². The van der Waals surface area contributed by atoms with Gasteiger partial charge in [-0.15, -0.1) is 0 Å². The summed E-state index contributed by atoms with van der Waals surface area (Å²) in [6.07, 6.45) is 0.562. The summed E-state index contributed by atoms with van der Waals surface area (Å²) < 4.78 is 1.69. The third kappa shape index (κ3) is 3.13. The molecule has 0 bridgehead atoms. The summed E-state index contributed by atoms with van der Waals surface area (Å²) in [6, 6.07) is 9.25. The van der Waals surface area contributed by atoms with E-state index in [1.165, 1.54) is 0 Å². The van der Waals surface area contributed by atoms with Crippen LogP contribution in [0, 0.1) is 0 Å². The molecule has 1 heterocycles. The van der Waals surface area contributed by atoms with Gasteiger partial charge in [0, 0.05) is 11.5 Å². The maximum atomic E-state index is 11.2. The fourth-order valence-electron chi connectivity index (χ4n) is 2.37. The van der Waals surface area contributed by atoms with Crippen molar-refractivity contribution in [3.8, 4) is 5.69 Å². The predicted molar refractivity (Wildman–Crippen MR) is 87.3 cm³/mol. The number of hydrogen-bond donors (Lipinski definition) is 2. The van der Waals surface area contributed by atoms with Gasteiger partial charge in [-0.2, -0.15) is 5.10 Å². The Morgan fingerprint density at radius 3 is 2.32 bits per heavy atom. The number of nitrogens with zero attached hydrogens (tertiary/aromatic N) is 2. The Balaban J connectivity index is 2.35. The first-order valence-electron chi connectivity index (χ1n) is 7.43. The molecule has 2 rings (SSSR count). The van der Waals surface area contributed by atoms with Crippen molar-refractivity contribution in [3.05, 3.63) is 41.6 Å². The monoisotopic (exact) mass is 301 g/mol. The maximum absolute atomic E-state index is 11.2. The van der Waals surface area contributed by atoms with E-state index in [0.717, 1.165) is 16.9 Å². The Morgan fingerprint density at radius 1 is 1.32 bits per heavy atom. The molecule has 5 nitrogen and oxygen atoms in total. The van der Waals surface area contributed by atoms with Crippen LogP contribution in [-0.2, 0) is 10.2 Å². The third-order valence-electron chi connectivity index (χ3n) is 3.75. The number of carbonyl (C=O) groups is 1. The number of benzene rings is 1. The molecule has 22 heavy (non-hydrogen) atoms. The molecular weight excluding hydrogens is 278 g/mol. The highest BCUT2D eigenvalue weighted by atomic mass is 16.4. The Labute approximate surface area is 130 Å². The lowest BCUT2D eigenvalue weighted by atomic mass is 9.92. The molecule has 0 aliphatic carbocycles. The predicted octanol–water partition coefficient (Wildman–Crippen LogP) is 3.33. The Morgan fingerprint density at radius 2 is 1.91 bits per heavy atom. The van der Waals surface area contributed by atoms with Gasteiger partial charge in [0.25, 0.3) is 0 Å². The minimum atomic E-state index is -0.802. The Bertz CT molecular complexity index is 666. The zero-order chi connectivity index (χ0) is 16.5. The first-order valence-corrected chi connectivity index (χ1v) is 7.43. The van der Waals surface area contributed by atoms with Crippen molar-refractivity contribution in [2.45, 2.75) is 45.4 Å². The zero-order valence-electron chi connectivity index (χ0n) is 13.5. The maximum Gasteiger partial charge on any atom is 0.310 e. The van der Waals surface area contributed by atoms with E-state index in [9.17, 15) is 9.90 Å². The fraction of sp³-hybridized carbons (Fsp3) is 0.412. The summed E-state index contributed by atoms with van der Waals surface area (Å²) in [6.45, 7) is 8.12. The van der Waals surface area contributed by atoms with Crippen molar-refractivity contribution >= 4 is 11.8 Å². The molecule has 3 N–H and O–H groups in total. The van der Waals surface area contributed by atoms with E-state index < -0.39 is 11.9 Å². The number of aromatic nitrogens is 2. The van der Waals surface area contributed by atoms with E-state index >= 15 is 0 Å². The normalized spacial score (nSPS) is 13.1. The van der Waals surface area contributed by atoms with Gasteiger partial charge in [0.15, 0.2) is 0 Å². The first-order chi connectivity index (χ1) is 10.2. The van der Waals surface area contributed by atoms with Gasteiger partial charge in [-0.1, -0.05) is 39.8 Å². The minimum Gasteiger partial charge on any atom is -0.481 e. The molecule has 1 atom stereocenters. The molecule has 0 amide bonds. The Hall–Kier alpha value is -2.30. The van der Waals surface area contributed by atoms with Gasteiger partial charge < -0.3 is 10.8 Å². The zero-order valence-corrected chi connectivity index (χ0v) is 13.5. The average Bonchev–Trinajstić information content (AvgIpc) is 2.82. The van der Waals surface area contributed by atoms with Crippen LogP contribution in [0.1, 0.15) is 51.3 Å². The van der Waals surface area contributed by atoms with Crippen molar-refractivity contribution in [1.82, 2.24) is 9.78 Å². The van der Waals surface area contributed by atoms with Crippen molar-refractivity contribution in [1.29, 1.82) is 0 Å². The van der Waals surface area contributed by atoms with Gasteiger partial charge >= 0.3 is 5.97 Å². The number of carboxylic acids is 1. The smallest absolute Gasteiger partial charge is 0.310 e. The van der Waals surface area contributed by atoms with Crippen LogP contribution < -0.4 is 5.73 Å². The molecule has 2 aromatic rings. The van der Waals surface area contributed by atoms with Gasteiger partial charge in [0.05, 0.1) is 17.3 Å². The van der Waals surface area contributed by atoms with Crippen LogP contribution in [0.15, 0.2) is 30.3 Å². The highest BCUT2D eigenvalue weighted by molar-refractivity contribution is 5.76. The first kappa shape index (κ1) is 16.1. The highest BCUT2D eigenvalue weighted by Gasteiger charge is 2.20. The number of hydrogen-bond acceptors (Lipinski definition) is 3. The molecular formula is C17H23N3O2. The second kappa shape index (κ2) is 5.83. The van der Waals surface area contributed by atoms with Crippen LogP contribution in [0.2, 0.25) is 0 Å². The molecule has 0 radical (unpaired) electrons. The number of carboxylic acid groups (broad SMARTS) is 1. The molecule has 1 aromatic carbocycles. The fourth-order valence-corrected chi connectivity index (χ4v) is 2.37. The lowest BCUT2D eigenvalue weighted by Gasteiger charge is -2.14. The van der Waals surface area contributed by atoms with Gasteiger partial charge in [0.1, 0.15) is 5.82 Å². The number of aliphatic carboxylic acids is 1. The second-order valence-corrected chi connectivity index (χ2v) is 6.51. The van der Waals surface area contributed by atoms with Crippen molar-refractivity contribution in [3.63, 3.8) is 0 Å². The van der Waals surface area contributed by atoms with Crippen LogP contribution in [0.3, 0.4) is 0 Å². The van der Waals surface area contributed by atoms with Gasteiger partial charge in [-0.25, -0.2) is 4.68 Å². The van der Waals surface area contributed by atoms with Gasteiger partial charge in [-0.3, -0.25) is 4.79 Å². The topological polar surface area (TPSA) is 81.1 Å². The van der Waals surface area contributed by atoms with E-state index in [1.807, 2.05) is 37.3 Å². The number of nitrogens with two attached hydrogens (primary N) is 1. The SMILES string of the molecule is CCC(C(=O)O)c1ccc(-n2nc(C(C)(C)C)cc2N)cc1. The molecule has 0 saturated heterocycles. The summed E-state index contributed by atoms with van der Waals surface area (Å²) in [5.74, 6) is -0.707. The number of nitrogen functional groups attached to an aromatic ring is 1. The summed E-state index contributed by atoms with van der Waals surface area (Å²) in [4.78, 5) is 11.2. The van der Waals surface area contributed by atoms with E-state index in [4.69, 9.17) is 5.73 Å². The molecule has 0 aliphatic heterocycles. The number of rotatable bonds is 4. The van der Waals surface area contributed by atoms with E-state index in [1.54, 1.807) is 4.68 Å². The van der Waals surface area contributed by atoms with Crippen molar-refractivity contribution < 1.29 is 9.90 Å². The molecule has 0 saturated carbocycles. The van der Waals surface area contributed by atoms with Crippen LogP contribution >= 0.6 is 0 Å². The largest absolute Gasteiger partial charge is 0.481 e. The molecule has 0 aliphatic rings. The van der Waals surface area contributed by atoms with Crippen LogP contribution in [0.4, 0.5) is 5.82 Å². The van der Waals surface area contributed by atoms with E-state index in [0.29, 0.717) is 12.2 Å². The highest BCUT2D eigenvalue weighted by Crippen LogP contribution is 2.26.